The van der Waals surface area contributed by atoms with E-state index in [-0.39, 0.29) is 25.7 Å². The lowest BCUT2D eigenvalue weighted by Crippen LogP contribution is -2.59. The van der Waals surface area contributed by atoms with E-state index in [0.717, 1.165) is 11.1 Å². The number of ether oxygens (including phenoxy) is 2. The van der Waals surface area contributed by atoms with E-state index >= 15 is 0 Å². The zero-order valence-electron chi connectivity index (χ0n) is 21.1. The van der Waals surface area contributed by atoms with Crippen molar-refractivity contribution in [2.75, 3.05) is 32.8 Å². The zero-order valence-corrected chi connectivity index (χ0v) is 21.1. The summed E-state index contributed by atoms with van der Waals surface area (Å²) >= 11 is 0. The van der Waals surface area contributed by atoms with Gasteiger partial charge in [0.15, 0.2) is 0 Å². The van der Waals surface area contributed by atoms with Crippen LogP contribution in [0.1, 0.15) is 31.4 Å². The van der Waals surface area contributed by atoms with Gasteiger partial charge in [-0.2, -0.15) is 0 Å². The van der Waals surface area contributed by atoms with Crippen LogP contribution < -0.4 is 14.8 Å². The van der Waals surface area contributed by atoms with Crippen LogP contribution in [0.25, 0.3) is 0 Å². The first kappa shape index (κ1) is 25.9. The molecule has 9 nitrogen and oxygen atoms in total. The summed E-state index contributed by atoms with van der Waals surface area (Å²) < 4.78 is 11.5. The van der Waals surface area contributed by atoms with Crippen LogP contribution in [0.4, 0.5) is 4.79 Å². The molecule has 2 atom stereocenters. The molecule has 3 N–H and O–H groups in total. The standard InChI is InChI=1S/C27H35N3O6/c1-19-5-4-6-22(15-19)36-18-27(34)17-29(12-11-23(27)31)16-20-7-9-21(10-8-20)35-14-13-30-24(32)26(2,3)28-25(30)33/h4-10,15,23,31,34H,11-14,16-18H2,1-3H3,(H,28,33)/t23-,27-/m0/s1. The summed E-state index contributed by atoms with van der Waals surface area (Å²) in [6.45, 7) is 7.27. The van der Waals surface area contributed by atoms with Crippen LogP contribution in [0.3, 0.4) is 0 Å². The Hall–Kier alpha value is -3.14. The molecule has 9 heteroatoms. The Labute approximate surface area is 211 Å². The van der Waals surface area contributed by atoms with Crippen molar-refractivity contribution in [2.45, 2.75) is 51.0 Å². The molecule has 2 aliphatic rings. The number of nitrogens with zero attached hydrogens (tertiary/aromatic N) is 2. The van der Waals surface area contributed by atoms with E-state index in [1.165, 1.54) is 4.90 Å². The van der Waals surface area contributed by atoms with E-state index in [9.17, 15) is 19.8 Å². The molecule has 0 spiro atoms. The Balaban J connectivity index is 1.27. The number of carbonyl (C=O) groups excluding carboxylic acids is 2. The SMILES string of the molecule is Cc1cccc(OC[C@@]2(O)CN(Cc3ccc(OCCN4C(=O)NC(C)(C)C4=O)cc3)CC[C@@H]2O)c1. The number of likely N-dealkylation sites (tertiary alicyclic amines) is 1. The van der Waals surface area contributed by atoms with E-state index in [1.807, 2.05) is 55.5 Å². The summed E-state index contributed by atoms with van der Waals surface area (Å²) in [5.41, 5.74) is -0.144. The molecule has 0 unspecified atom stereocenters. The number of carbonyl (C=O) groups is 2. The lowest BCUT2D eigenvalue weighted by molar-refractivity contribution is -0.140. The number of urea groups is 1. The second-order valence-electron chi connectivity index (χ2n) is 10.2. The molecule has 0 aliphatic carbocycles. The van der Waals surface area contributed by atoms with Gasteiger partial charge in [-0.25, -0.2) is 4.79 Å². The average Bonchev–Trinajstić information content (AvgIpc) is 3.03. The number of aryl methyl sites for hydroxylation is 1. The molecular weight excluding hydrogens is 462 g/mol. The highest BCUT2D eigenvalue weighted by molar-refractivity contribution is 6.06. The Morgan fingerprint density at radius 3 is 2.50 bits per heavy atom. The van der Waals surface area contributed by atoms with Crippen molar-refractivity contribution in [3.8, 4) is 11.5 Å². The van der Waals surface area contributed by atoms with Crippen LogP contribution >= 0.6 is 0 Å². The number of hydrogen-bond donors (Lipinski definition) is 3. The highest BCUT2D eigenvalue weighted by atomic mass is 16.5. The van der Waals surface area contributed by atoms with Gasteiger partial charge < -0.3 is 25.0 Å². The van der Waals surface area contributed by atoms with Crippen molar-refractivity contribution in [1.82, 2.24) is 15.1 Å². The smallest absolute Gasteiger partial charge is 0.325 e. The molecule has 0 radical (unpaired) electrons. The van der Waals surface area contributed by atoms with E-state index in [0.29, 0.717) is 37.6 Å². The fourth-order valence-corrected chi connectivity index (χ4v) is 4.56. The Morgan fingerprint density at radius 1 is 1.08 bits per heavy atom. The lowest BCUT2D eigenvalue weighted by atomic mass is 9.90. The molecular formula is C27H35N3O6. The molecule has 0 aromatic heterocycles. The molecule has 2 aliphatic heterocycles. The molecule has 2 fully saturated rings. The quantitative estimate of drug-likeness (QED) is 0.455. The zero-order chi connectivity index (χ0) is 25.9. The number of amides is 3. The average molecular weight is 498 g/mol. The van der Waals surface area contributed by atoms with E-state index < -0.39 is 23.3 Å². The summed E-state index contributed by atoms with van der Waals surface area (Å²) in [4.78, 5) is 27.5. The highest BCUT2D eigenvalue weighted by Gasteiger charge is 2.44. The molecule has 4 rings (SSSR count). The maximum atomic E-state index is 12.2. The van der Waals surface area contributed by atoms with E-state index in [2.05, 4.69) is 10.2 Å². The monoisotopic (exact) mass is 497 g/mol. The van der Waals surface area contributed by atoms with Crippen molar-refractivity contribution in [3.63, 3.8) is 0 Å². The van der Waals surface area contributed by atoms with Gasteiger partial charge in [-0.15, -0.1) is 0 Å². The number of rotatable bonds is 9. The number of hydrogen-bond acceptors (Lipinski definition) is 7. The topological polar surface area (TPSA) is 112 Å². The summed E-state index contributed by atoms with van der Waals surface area (Å²) in [6, 6.07) is 14.8. The molecule has 2 heterocycles. The summed E-state index contributed by atoms with van der Waals surface area (Å²) in [6.07, 6.45) is -0.404. The lowest BCUT2D eigenvalue weighted by Gasteiger charge is -2.42. The molecule has 2 saturated heterocycles. The summed E-state index contributed by atoms with van der Waals surface area (Å²) in [7, 11) is 0. The fraction of sp³-hybridized carbons (Fsp3) is 0.481. The first-order valence-corrected chi connectivity index (χ1v) is 12.2. The number of aliphatic hydroxyl groups excluding tert-OH is 1. The first-order valence-electron chi connectivity index (χ1n) is 12.2. The third-order valence-corrected chi connectivity index (χ3v) is 6.67. The van der Waals surface area contributed by atoms with Gasteiger partial charge in [-0.3, -0.25) is 14.6 Å². The summed E-state index contributed by atoms with van der Waals surface area (Å²) in [5, 5.41) is 24.3. The maximum absolute atomic E-state index is 12.2. The maximum Gasteiger partial charge on any atom is 0.325 e. The van der Waals surface area contributed by atoms with Crippen LogP contribution in [-0.2, 0) is 11.3 Å². The first-order chi connectivity index (χ1) is 17.1. The van der Waals surface area contributed by atoms with Gasteiger partial charge in [0.1, 0.15) is 35.9 Å². The number of β-amino-alcohol motifs (C(OH)–C–C–N with tert-alkyl or cyclic N) is 1. The number of benzene rings is 2. The molecule has 194 valence electrons. The second kappa shape index (κ2) is 10.5. The third-order valence-electron chi connectivity index (χ3n) is 6.67. The molecule has 2 aromatic carbocycles. The minimum atomic E-state index is -1.36. The molecule has 36 heavy (non-hydrogen) atoms. The Morgan fingerprint density at radius 2 is 1.83 bits per heavy atom. The van der Waals surface area contributed by atoms with Gasteiger partial charge in [-0.05, 0) is 62.6 Å². The van der Waals surface area contributed by atoms with Crippen molar-refractivity contribution < 1.29 is 29.3 Å². The van der Waals surface area contributed by atoms with Crippen LogP contribution in [0.2, 0.25) is 0 Å². The van der Waals surface area contributed by atoms with Crippen LogP contribution in [0, 0.1) is 6.92 Å². The molecule has 0 saturated carbocycles. The second-order valence-corrected chi connectivity index (χ2v) is 10.2. The van der Waals surface area contributed by atoms with Crippen LogP contribution in [-0.4, -0.2) is 82.0 Å². The molecule has 3 amide bonds. The Kier molecular flexibility index (Phi) is 7.54. The Bertz CT molecular complexity index is 1090. The van der Waals surface area contributed by atoms with Gasteiger partial charge >= 0.3 is 6.03 Å². The predicted molar refractivity (Wildman–Crippen MR) is 134 cm³/mol. The van der Waals surface area contributed by atoms with Crippen molar-refractivity contribution in [1.29, 1.82) is 0 Å². The van der Waals surface area contributed by atoms with Gasteiger partial charge in [0.25, 0.3) is 5.91 Å². The van der Waals surface area contributed by atoms with Crippen molar-refractivity contribution in [2.24, 2.45) is 0 Å². The molecule has 0 bridgehead atoms. The number of imide groups is 1. The van der Waals surface area contributed by atoms with Gasteiger partial charge in [-0.1, -0.05) is 24.3 Å². The van der Waals surface area contributed by atoms with E-state index in [4.69, 9.17) is 9.47 Å². The van der Waals surface area contributed by atoms with Gasteiger partial charge in [0.2, 0.25) is 0 Å². The number of aliphatic hydroxyl groups is 2. The minimum Gasteiger partial charge on any atom is -0.492 e. The highest BCUT2D eigenvalue weighted by Crippen LogP contribution is 2.26. The normalized spacial score (nSPS) is 24.0. The fourth-order valence-electron chi connectivity index (χ4n) is 4.56. The van der Waals surface area contributed by atoms with Crippen LogP contribution in [0.15, 0.2) is 48.5 Å². The van der Waals surface area contributed by atoms with E-state index in [1.54, 1.807) is 13.8 Å². The third kappa shape index (κ3) is 5.98. The number of piperidine rings is 1. The van der Waals surface area contributed by atoms with Crippen LogP contribution in [0.5, 0.6) is 11.5 Å². The van der Waals surface area contributed by atoms with Crippen molar-refractivity contribution in [3.05, 3.63) is 59.7 Å². The summed E-state index contributed by atoms with van der Waals surface area (Å²) in [5.74, 6) is 1.05. The van der Waals surface area contributed by atoms with Crippen molar-refractivity contribution >= 4 is 11.9 Å². The predicted octanol–water partition coefficient (Wildman–Crippen LogP) is 2.08. The molecule has 2 aromatic rings. The number of nitrogens with one attached hydrogen (secondary N) is 1. The van der Waals surface area contributed by atoms with Gasteiger partial charge in [0.05, 0.1) is 12.6 Å². The largest absolute Gasteiger partial charge is 0.492 e. The van der Waals surface area contributed by atoms with Gasteiger partial charge in [0, 0.05) is 19.6 Å². The minimum absolute atomic E-state index is 0.00955.